The number of aromatic nitrogens is 3. The maximum atomic E-state index is 12.7. The molecule has 0 saturated carbocycles. The first-order valence-electron chi connectivity index (χ1n) is 10.2. The number of rotatable bonds is 5. The second-order valence-electron chi connectivity index (χ2n) is 7.66. The third-order valence-electron chi connectivity index (χ3n) is 5.23. The van der Waals surface area contributed by atoms with E-state index in [1.54, 1.807) is 48.5 Å². The van der Waals surface area contributed by atoms with Crippen LogP contribution in [-0.2, 0) is 0 Å². The van der Waals surface area contributed by atoms with Crippen molar-refractivity contribution < 1.29 is 14.0 Å². The molecule has 0 bridgehead atoms. The van der Waals surface area contributed by atoms with Gasteiger partial charge in [0.05, 0.1) is 0 Å². The molecule has 0 saturated heterocycles. The van der Waals surface area contributed by atoms with Gasteiger partial charge in [-0.05, 0) is 67.6 Å². The maximum absolute atomic E-state index is 12.7. The summed E-state index contributed by atoms with van der Waals surface area (Å²) in [6.45, 7) is 2.00. The van der Waals surface area contributed by atoms with Gasteiger partial charge < -0.3 is 20.5 Å². The molecule has 33 heavy (non-hydrogen) atoms. The topological polar surface area (TPSA) is 127 Å². The van der Waals surface area contributed by atoms with Crippen molar-refractivity contribution in [1.29, 1.82) is 0 Å². The quantitative estimate of drug-likeness (QED) is 0.372. The molecule has 8 heteroatoms. The largest absolute Gasteiger partial charge is 0.416 e. The number of amides is 2. The lowest BCUT2D eigenvalue weighted by Crippen LogP contribution is -2.11. The third kappa shape index (κ3) is 4.09. The van der Waals surface area contributed by atoms with Gasteiger partial charge in [-0.25, -0.2) is 0 Å². The van der Waals surface area contributed by atoms with Crippen LogP contribution in [0.15, 0.2) is 77.2 Å². The van der Waals surface area contributed by atoms with E-state index in [1.807, 2.05) is 31.2 Å². The van der Waals surface area contributed by atoms with Gasteiger partial charge in [0.15, 0.2) is 0 Å². The summed E-state index contributed by atoms with van der Waals surface area (Å²) in [6.07, 6.45) is 0. The highest BCUT2D eigenvalue weighted by Crippen LogP contribution is 2.25. The molecule has 5 rings (SSSR count). The van der Waals surface area contributed by atoms with Crippen LogP contribution in [0, 0.1) is 6.92 Å². The summed E-state index contributed by atoms with van der Waals surface area (Å²) in [4.78, 5) is 27.0. The number of aromatic amines is 1. The minimum absolute atomic E-state index is 0.266. The lowest BCUT2D eigenvalue weighted by Gasteiger charge is -2.06. The summed E-state index contributed by atoms with van der Waals surface area (Å²) in [5.74, 6) is 0.0125. The SMILES string of the molecule is Cc1cccc(-c2nnc(-c3ccc(C(=O)Nc4ccc5[nH]c(C(N)=O)cc5c4)cc3)o2)c1. The Kier molecular flexibility index (Phi) is 4.95. The van der Waals surface area contributed by atoms with Gasteiger partial charge in [-0.15, -0.1) is 10.2 Å². The van der Waals surface area contributed by atoms with Crippen molar-refractivity contribution in [2.45, 2.75) is 6.92 Å². The van der Waals surface area contributed by atoms with E-state index in [0.717, 1.165) is 22.0 Å². The lowest BCUT2D eigenvalue weighted by molar-refractivity contribution is 0.0994. The smallest absolute Gasteiger partial charge is 0.265 e. The van der Waals surface area contributed by atoms with Crippen LogP contribution in [0.5, 0.6) is 0 Å². The molecule has 162 valence electrons. The molecule has 8 nitrogen and oxygen atoms in total. The maximum Gasteiger partial charge on any atom is 0.265 e. The number of aryl methyl sites for hydroxylation is 1. The van der Waals surface area contributed by atoms with Gasteiger partial charge in [0.25, 0.3) is 11.8 Å². The third-order valence-corrected chi connectivity index (χ3v) is 5.23. The fraction of sp³-hybridized carbons (Fsp3) is 0.0400. The van der Waals surface area contributed by atoms with E-state index in [9.17, 15) is 9.59 Å². The van der Waals surface area contributed by atoms with Crippen molar-refractivity contribution in [3.8, 4) is 22.9 Å². The molecule has 0 unspecified atom stereocenters. The number of nitrogens with two attached hydrogens (primary N) is 1. The number of primary amides is 1. The van der Waals surface area contributed by atoms with E-state index in [2.05, 4.69) is 20.5 Å². The number of hydrogen-bond acceptors (Lipinski definition) is 5. The molecule has 2 aromatic heterocycles. The number of hydrogen-bond donors (Lipinski definition) is 3. The number of carbonyl (C=O) groups excluding carboxylic acids is 2. The molecule has 0 atom stereocenters. The number of fused-ring (bicyclic) bond motifs is 1. The number of benzene rings is 3. The van der Waals surface area contributed by atoms with Crippen LogP contribution in [0.3, 0.4) is 0 Å². The zero-order chi connectivity index (χ0) is 22.9. The van der Waals surface area contributed by atoms with Gasteiger partial charge in [0, 0.05) is 33.3 Å². The van der Waals surface area contributed by atoms with E-state index >= 15 is 0 Å². The van der Waals surface area contributed by atoms with Crippen molar-refractivity contribution in [2.24, 2.45) is 5.73 Å². The molecule has 0 aliphatic rings. The van der Waals surface area contributed by atoms with Gasteiger partial charge in [-0.3, -0.25) is 9.59 Å². The van der Waals surface area contributed by atoms with Crippen LogP contribution in [0.25, 0.3) is 33.8 Å². The van der Waals surface area contributed by atoms with E-state index in [0.29, 0.717) is 34.3 Å². The molecule has 0 spiro atoms. The molecule has 0 aliphatic carbocycles. The highest BCUT2D eigenvalue weighted by atomic mass is 16.4. The molecule has 2 heterocycles. The summed E-state index contributed by atoms with van der Waals surface area (Å²) >= 11 is 0. The average Bonchev–Trinajstić information content (AvgIpc) is 3.47. The van der Waals surface area contributed by atoms with E-state index < -0.39 is 5.91 Å². The van der Waals surface area contributed by atoms with Crippen molar-refractivity contribution in [1.82, 2.24) is 15.2 Å². The first-order chi connectivity index (χ1) is 16.0. The summed E-state index contributed by atoms with van der Waals surface area (Å²) in [5.41, 5.74) is 10.1. The van der Waals surface area contributed by atoms with Crippen LogP contribution < -0.4 is 11.1 Å². The molecule has 0 aliphatic heterocycles. The fourth-order valence-electron chi connectivity index (χ4n) is 3.55. The van der Waals surface area contributed by atoms with E-state index in [1.165, 1.54) is 0 Å². The van der Waals surface area contributed by atoms with Crippen LogP contribution in [0.1, 0.15) is 26.4 Å². The summed E-state index contributed by atoms with van der Waals surface area (Å²) in [7, 11) is 0. The van der Waals surface area contributed by atoms with Gasteiger partial charge in [0.1, 0.15) is 5.69 Å². The number of carbonyl (C=O) groups is 2. The molecule has 3 aromatic carbocycles. The van der Waals surface area contributed by atoms with Gasteiger partial charge >= 0.3 is 0 Å². The number of anilines is 1. The Balaban J connectivity index is 1.32. The predicted octanol–water partition coefficient (Wildman–Crippen LogP) is 4.54. The predicted molar refractivity (Wildman–Crippen MR) is 125 cm³/mol. The van der Waals surface area contributed by atoms with Crippen LogP contribution in [0.2, 0.25) is 0 Å². The van der Waals surface area contributed by atoms with Crippen molar-refractivity contribution in [3.63, 3.8) is 0 Å². The minimum atomic E-state index is -0.538. The number of H-pyrrole nitrogens is 1. The second kappa shape index (κ2) is 8.08. The minimum Gasteiger partial charge on any atom is -0.416 e. The van der Waals surface area contributed by atoms with Gasteiger partial charge in [0.2, 0.25) is 11.8 Å². The van der Waals surface area contributed by atoms with Gasteiger partial charge in [-0.2, -0.15) is 0 Å². The van der Waals surface area contributed by atoms with Gasteiger partial charge in [-0.1, -0.05) is 17.7 Å². The van der Waals surface area contributed by atoms with Crippen molar-refractivity contribution in [3.05, 3.63) is 89.6 Å². The summed E-state index contributed by atoms with van der Waals surface area (Å²) in [6, 6.07) is 21.7. The Morgan fingerprint density at radius 1 is 0.909 bits per heavy atom. The zero-order valence-corrected chi connectivity index (χ0v) is 17.6. The Morgan fingerprint density at radius 2 is 1.67 bits per heavy atom. The molecule has 0 radical (unpaired) electrons. The van der Waals surface area contributed by atoms with Crippen LogP contribution in [0.4, 0.5) is 5.69 Å². The second-order valence-corrected chi connectivity index (χ2v) is 7.66. The van der Waals surface area contributed by atoms with Crippen molar-refractivity contribution >= 4 is 28.4 Å². The van der Waals surface area contributed by atoms with E-state index in [4.69, 9.17) is 10.2 Å². The molecule has 5 aromatic rings. The fourth-order valence-corrected chi connectivity index (χ4v) is 3.55. The summed E-state index contributed by atoms with van der Waals surface area (Å²) < 4.78 is 5.81. The van der Waals surface area contributed by atoms with Crippen molar-refractivity contribution in [2.75, 3.05) is 5.32 Å². The highest BCUT2D eigenvalue weighted by Gasteiger charge is 2.13. The molecular weight excluding hydrogens is 418 g/mol. The number of nitrogens with zero attached hydrogens (tertiary/aromatic N) is 2. The molecule has 0 fully saturated rings. The zero-order valence-electron chi connectivity index (χ0n) is 17.6. The standard InChI is InChI=1S/C25H19N5O3/c1-14-3-2-4-17(11-14)25-30-29-24(33-25)16-7-5-15(6-8-16)23(32)27-19-9-10-20-18(12-19)13-21(28-20)22(26)31/h2-13,28H,1H3,(H2,26,31)(H,27,32). The highest BCUT2D eigenvalue weighted by molar-refractivity contribution is 6.05. The monoisotopic (exact) mass is 437 g/mol. The lowest BCUT2D eigenvalue weighted by atomic mass is 10.1. The Hall–Kier alpha value is -4.72. The first kappa shape index (κ1) is 20.2. The summed E-state index contributed by atoms with van der Waals surface area (Å²) in [5, 5.41) is 11.9. The molecule has 4 N–H and O–H groups in total. The molecule has 2 amide bonds. The average molecular weight is 437 g/mol. The Labute approximate surface area is 188 Å². The first-order valence-corrected chi connectivity index (χ1v) is 10.2. The van der Waals surface area contributed by atoms with Crippen LogP contribution in [-0.4, -0.2) is 27.0 Å². The number of nitrogens with one attached hydrogen (secondary N) is 2. The van der Waals surface area contributed by atoms with Crippen LogP contribution >= 0.6 is 0 Å². The molecular formula is C25H19N5O3. The Bertz CT molecular complexity index is 1500. The van der Waals surface area contributed by atoms with E-state index in [-0.39, 0.29) is 5.91 Å². The Morgan fingerprint density at radius 3 is 2.39 bits per heavy atom. The normalized spacial score (nSPS) is 10.9.